The third kappa shape index (κ3) is 3.32. The summed E-state index contributed by atoms with van der Waals surface area (Å²) >= 11 is 5.91. The normalized spacial score (nSPS) is 10.3. The summed E-state index contributed by atoms with van der Waals surface area (Å²) in [4.78, 5) is 33.4. The number of hydrogen-bond acceptors (Lipinski definition) is 5. The fraction of sp³-hybridized carbons (Fsp3) is 0.143. The average Bonchev–Trinajstić information content (AvgIpc) is 2.48. The Labute approximate surface area is 129 Å². The summed E-state index contributed by atoms with van der Waals surface area (Å²) in [6.07, 6.45) is 0. The summed E-state index contributed by atoms with van der Waals surface area (Å²) in [7, 11) is 1.46. The number of pyridine rings is 1. The Hall–Kier alpha value is -2.67. The highest BCUT2D eigenvalue weighted by molar-refractivity contribution is 6.31. The molecule has 0 aliphatic rings. The maximum Gasteiger partial charge on any atom is 0.355 e. The van der Waals surface area contributed by atoms with Gasteiger partial charge in [-0.3, -0.25) is 14.9 Å². The number of carbonyl (C=O) groups excluding carboxylic acids is 1. The lowest BCUT2D eigenvalue weighted by molar-refractivity contribution is -0.384. The summed E-state index contributed by atoms with van der Waals surface area (Å²) in [6.45, 7) is -0.154. The van der Waals surface area contributed by atoms with Gasteiger partial charge in [-0.05, 0) is 12.1 Å². The number of nitrogens with zero attached hydrogens (tertiary/aromatic N) is 2. The highest BCUT2D eigenvalue weighted by Crippen LogP contribution is 2.23. The highest BCUT2D eigenvalue weighted by Gasteiger charge is 2.14. The van der Waals surface area contributed by atoms with Crippen molar-refractivity contribution >= 4 is 23.3 Å². The van der Waals surface area contributed by atoms with Crippen molar-refractivity contribution in [3.8, 4) is 0 Å². The van der Waals surface area contributed by atoms with Crippen molar-refractivity contribution in [3.63, 3.8) is 0 Å². The number of esters is 1. The van der Waals surface area contributed by atoms with Crippen LogP contribution >= 0.6 is 11.6 Å². The van der Waals surface area contributed by atoms with Gasteiger partial charge in [-0.15, -0.1) is 0 Å². The van der Waals surface area contributed by atoms with Crippen LogP contribution in [0.5, 0.6) is 0 Å². The second-order valence-electron chi connectivity index (χ2n) is 4.42. The lowest BCUT2D eigenvalue weighted by Crippen LogP contribution is -2.22. The molecule has 1 aromatic heterocycles. The van der Waals surface area contributed by atoms with Crippen molar-refractivity contribution < 1.29 is 14.5 Å². The molecule has 0 aliphatic carbocycles. The van der Waals surface area contributed by atoms with E-state index in [1.54, 1.807) is 0 Å². The van der Waals surface area contributed by atoms with Crippen LogP contribution in [-0.2, 0) is 18.4 Å². The average molecular weight is 323 g/mol. The first-order chi connectivity index (χ1) is 10.4. The van der Waals surface area contributed by atoms with Crippen LogP contribution in [0.4, 0.5) is 5.69 Å². The second-order valence-corrected chi connectivity index (χ2v) is 4.82. The van der Waals surface area contributed by atoms with Crippen molar-refractivity contribution in [2.75, 3.05) is 0 Å². The SMILES string of the molecule is Cn1c(C(=O)OCc2ccc([N+](=O)[O-])cc2Cl)cccc1=O. The van der Waals surface area contributed by atoms with Gasteiger partial charge in [-0.1, -0.05) is 17.7 Å². The van der Waals surface area contributed by atoms with E-state index in [0.29, 0.717) is 5.56 Å². The molecule has 0 aliphatic heterocycles. The van der Waals surface area contributed by atoms with Crippen molar-refractivity contribution in [2.45, 2.75) is 6.61 Å². The third-order valence-corrected chi connectivity index (χ3v) is 3.35. The summed E-state index contributed by atoms with van der Waals surface area (Å²) in [5.41, 5.74) is 0.0560. The Bertz CT molecular complexity index is 800. The second kappa shape index (κ2) is 6.40. The minimum atomic E-state index is -0.686. The lowest BCUT2D eigenvalue weighted by Gasteiger charge is -2.09. The van der Waals surface area contributed by atoms with E-state index in [0.717, 1.165) is 0 Å². The molecule has 1 heterocycles. The molecule has 0 atom stereocenters. The standard InChI is InChI=1S/C14H11ClN2O5/c1-16-12(3-2-4-13(16)18)14(19)22-8-9-5-6-10(17(20)21)7-11(9)15/h2-7H,8H2,1H3. The highest BCUT2D eigenvalue weighted by atomic mass is 35.5. The van der Waals surface area contributed by atoms with Crippen LogP contribution in [0.3, 0.4) is 0 Å². The molecule has 0 N–H and O–H groups in total. The van der Waals surface area contributed by atoms with Crippen molar-refractivity contribution in [1.82, 2.24) is 4.57 Å². The zero-order valence-corrected chi connectivity index (χ0v) is 12.2. The number of nitro benzene ring substituents is 1. The first-order valence-corrected chi connectivity index (χ1v) is 6.54. The smallest absolute Gasteiger partial charge is 0.355 e. The van der Waals surface area contributed by atoms with Gasteiger partial charge in [0.15, 0.2) is 0 Å². The number of carbonyl (C=O) groups is 1. The number of aromatic nitrogens is 1. The Morgan fingerprint density at radius 1 is 1.36 bits per heavy atom. The van der Waals surface area contributed by atoms with E-state index in [9.17, 15) is 19.7 Å². The van der Waals surface area contributed by atoms with Crippen molar-refractivity contribution in [1.29, 1.82) is 0 Å². The molecule has 1 aromatic carbocycles. The number of ether oxygens (including phenoxy) is 1. The molecule has 0 saturated heterocycles. The van der Waals surface area contributed by atoms with E-state index >= 15 is 0 Å². The number of non-ortho nitro benzene ring substituents is 1. The third-order valence-electron chi connectivity index (χ3n) is 3.00. The Balaban J connectivity index is 2.13. The van der Waals surface area contributed by atoms with E-state index in [4.69, 9.17) is 16.3 Å². The molecule has 22 heavy (non-hydrogen) atoms. The maximum atomic E-state index is 11.9. The topological polar surface area (TPSA) is 91.4 Å². The van der Waals surface area contributed by atoms with Gasteiger partial charge in [0.1, 0.15) is 12.3 Å². The van der Waals surface area contributed by atoms with Gasteiger partial charge in [0.25, 0.3) is 11.2 Å². The van der Waals surface area contributed by atoms with Gasteiger partial charge in [0.2, 0.25) is 0 Å². The zero-order chi connectivity index (χ0) is 16.3. The quantitative estimate of drug-likeness (QED) is 0.489. The van der Waals surface area contributed by atoms with Gasteiger partial charge < -0.3 is 9.30 Å². The van der Waals surface area contributed by atoms with E-state index in [1.807, 2.05) is 0 Å². The molecule has 0 fully saturated rings. The molecule has 0 spiro atoms. The molecule has 0 radical (unpaired) electrons. The van der Waals surface area contributed by atoms with Crippen LogP contribution in [0.25, 0.3) is 0 Å². The van der Waals surface area contributed by atoms with Gasteiger partial charge in [-0.2, -0.15) is 0 Å². The summed E-state index contributed by atoms with van der Waals surface area (Å²) in [5.74, 6) is -0.686. The van der Waals surface area contributed by atoms with Crippen LogP contribution in [-0.4, -0.2) is 15.5 Å². The minimum Gasteiger partial charge on any atom is -0.456 e. The summed E-state index contributed by atoms with van der Waals surface area (Å²) in [6, 6.07) is 8.11. The molecule has 0 amide bonds. The molecule has 8 heteroatoms. The van der Waals surface area contributed by atoms with E-state index < -0.39 is 10.9 Å². The van der Waals surface area contributed by atoms with Crippen LogP contribution < -0.4 is 5.56 Å². The molecule has 0 saturated carbocycles. The van der Waals surface area contributed by atoms with E-state index in [2.05, 4.69) is 0 Å². The van der Waals surface area contributed by atoms with Crippen molar-refractivity contribution in [2.24, 2.45) is 7.05 Å². The van der Waals surface area contributed by atoms with Crippen LogP contribution in [0.1, 0.15) is 16.1 Å². The molecule has 2 rings (SSSR count). The Morgan fingerprint density at radius 3 is 2.73 bits per heavy atom. The van der Waals surface area contributed by atoms with Crippen LogP contribution in [0.2, 0.25) is 5.02 Å². The molecule has 0 bridgehead atoms. The molecular formula is C14H11ClN2O5. The fourth-order valence-corrected chi connectivity index (χ4v) is 1.98. The number of rotatable bonds is 4. The van der Waals surface area contributed by atoms with Gasteiger partial charge in [0, 0.05) is 30.8 Å². The van der Waals surface area contributed by atoms with E-state index in [1.165, 1.54) is 48.0 Å². The predicted octanol–water partition coefficient (Wildman–Crippen LogP) is 2.30. The first kappa shape index (κ1) is 15.7. The Morgan fingerprint density at radius 2 is 2.09 bits per heavy atom. The molecule has 2 aromatic rings. The molecule has 7 nitrogen and oxygen atoms in total. The number of hydrogen-bond donors (Lipinski definition) is 0. The molecule has 114 valence electrons. The largest absolute Gasteiger partial charge is 0.456 e. The number of halogens is 1. The minimum absolute atomic E-state index is 0.102. The van der Waals surface area contributed by atoms with Crippen LogP contribution in [0.15, 0.2) is 41.2 Å². The summed E-state index contributed by atoms with van der Waals surface area (Å²) in [5, 5.41) is 10.7. The number of benzene rings is 1. The van der Waals surface area contributed by atoms with Gasteiger partial charge in [0.05, 0.1) is 9.95 Å². The first-order valence-electron chi connectivity index (χ1n) is 6.16. The maximum absolute atomic E-state index is 11.9. The van der Waals surface area contributed by atoms with Crippen molar-refractivity contribution in [3.05, 3.63) is 73.1 Å². The summed E-state index contributed by atoms with van der Waals surface area (Å²) < 4.78 is 6.24. The molecule has 0 unspecified atom stereocenters. The van der Waals surface area contributed by atoms with Gasteiger partial charge >= 0.3 is 5.97 Å². The lowest BCUT2D eigenvalue weighted by atomic mass is 10.2. The monoisotopic (exact) mass is 322 g/mol. The van der Waals surface area contributed by atoms with Crippen LogP contribution in [0, 0.1) is 10.1 Å². The van der Waals surface area contributed by atoms with Gasteiger partial charge in [-0.25, -0.2) is 4.79 Å². The number of nitro groups is 1. The molecular weight excluding hydrogens is 312 g/mol. The predicted molar refractivity (Wildman–Crippen MR) is 78.9 cm³/mol. The fourth-order valence-electron chi connectivity index (χ4n) is 1.75. The van der Waals surface area contributed by atoms with E-state index in [-0.39, 0.29) is 28.6 Å². The Kier molecular flexibility index (Phi) is 4.57. The zero-order valence-electron chi connectivity index (χ0n) is 11.5.